The fraction of sp³-hybridized carbons (Fsp3) is 0.214. The molecule has 1 aromatic heterocycles. The number of amides is 1. The van der Waals surface area contributed by atoms with E-state index >= 15 is 0 Å². The Morgan fingerprint density at radius 1 is 1.33 bits per heavy atom. The molecule has 1 N–H and O–H groups in total. The molecule has 1 aromatic carbocycles. The molecule has 0 saturated heterocycles. The van der Waals surface area contributed by atoms with E-state index in [1.54, 1.807) is 12.3 Å². The van der Waals surface area contributed by atoms with E-state index in [9.17, 15) is 4.79 Å². The van der Waals surface area contributed by atoms with Crippen LogP contribution in [0.4, 0.5) is 0 Å². The van der Waals surface area contributed by atoms with Crippen molar-refractivity contribution in [3.05, 3.63) is 49.7 Å². The molecule has 1 heterocycles. The Labute approximate surface area is 147 Å². The Balaban J connectivity index is 1.93. The van der Waals surface area contributed by atoms with Crippen molar-refractivity contribution < 1.29 is 13.9 Å². The maximum absolute atomic E-state index is 11.9. The van der Waals surface area contributed by atoms with Gasteiger partial charge in [0.15, 0.2) is 6.61 Å². The maximum Gasteiger partial charge on any atom is 0.258 e. The molecule has 21 heavy (non-hydrogen) atoms. The molecule has 4 nitrogen and oxygen atoms in total. The van der Waals surface area contributed by atoms with Crippen molar-refractivity contribution >= 4 is 53.7 Å². The first-order valence-corrected chi connectivity index (χ1v) is 8.45. The van der Waals surface area contributed by atoms with E-state index in [0.717, 1.165) is 13.4 Å². The first-order chi connectivity index (χ1) is 9.97. The third kappa shape index (κ3) is 4.59. The molecule has 1 unspecified atom stereocenters. The standard InChI is InChI=1S/C14H12Br3NO3/c1-8(12-3-2-4-20-12)18-13(19)7-21-14-10(16)5-9(15)6-11(14)17/h2-6,8H,7H2,1H3,(H,18,19). The summed E-state index contributed by atoms with van der Waals surface area (Å²) in [7, 11) is 0. The number of rotatable bonds is 5. The molecule has 0 aliphatic carbocycles. The second kappa shape index (κ2) is 7.47. The van der Waals surface area contributed by atoms with Gasteiger partial charge in [-0.2, -0.15) is 0 Å². The van der Waals surface area contributed by atoms with Crippen LogP contribution < -0.4 is 10.1 Å². The molecule has 0 fully saturated rings. The number of halogens is 3. The van der Waals surface area contributed by atoms with Crippen LogP contribution in [0.5, 0.6) is 5.75 Å². The molecule has 0 aliphatic rings. The van der Waals surface area contributed by atoms with Crippen LogP contribution >= 0.6 is 47.8 Å². The number of furan rings is 1. The van der Waals surface area contributed by atoms with Crippen LogP contribution in [0.3, 0.4) is 0 Å². The summed E-state index contributed by atoms with van der Waals surface area (Å²) in [6, 6.07) is 7.10. The Morgan fingerprint density at radius 2 is 2.00 bits per heavy atom. The number of nitrogens with one attached hydrogen (secondary N) is 1. The van der Waals surface area contributed by atoms with Crippen LogP contribution in [0.2, 0.25) is 0 Å². The van der Waals surface area contributed by atoms with Crippen LogP contribution in [-0.2, 0) is 4.79 Å². The molecule has 0 spiro atoms. The van der Waals surface area contributed by atoms with Gasteiger partial charge in [-0.25, -0.2) is 0 Å². The third-order valence-electron chi connectivity index (χ3n) is 2.66. The lowest BCUT2D eigenvalue weighted by atomic mass is 10.2. The highest BCUT2D eigenvalue weighted by Crippen LogP contribution is 2.36. The monoisotopic (exact) mass is 479 g/mol. The van der Waals surface area contributed by atoms with Gasteiger partial charge >= 0.3 is 0 Å². The molecule has 7 heteroatoms. The van der Waals surface area contributed by atoms with Gasteiger partial charge in [-0.05, 0) is 63.0 Å². The summed E-state index contributed by atoms with van der Waals surface area (Å²) in [5, 5.41) is 2.81. The molecule has 2 rings (SSSR count). The Hall–Kier alpha value is -0.790. The van der Waals surface area contributed by atoms with E-state index in [2.05, 4.69) is 53.1 Å². The van der Waals surface area contributed by atoms with Crippen molar-refractivity contribution in [1.82, 2.24) is 5.32 Å². The normalized spacial score (nSPS) is 12.0. The summed E-state index contributed by atoms with van der Waals surface area (Å²) in [5.74, 6) is 1.06. The van der Waals surface area contributed by atoms with Gasteiger partial charge in [-0.1, -0.05) is 15.9 Å². The molecule has 2 aromatic rings. The second-order valence-electron chi connectivity index (χ2n) is 4.29. The van der Waals surface area contributed by atoms with Crippen LogP contribution in [0, 0.1) is 0 Å². The molecule has 0 bridgehead atoms. The molecule has 112 valence electrons. The van der Waals surface area contributed by atoms with Gasteiger partial charge in [0.2, 0.25) is 0 Å². The summed E-state index contributed by atoms with van der Waals surface area (Å²) in [4.78, 5) is 11.9. The lowest BCUT2D eigenvalue weighted by molar-refractivity contribution is -0.123. The zero-order chi connectivity index (χ0) is 15.4. The number of hydrogen-bond donors (Lipinski definition) is 1. The Kier molecular flexibility index (Phi) is 5.89. The topological polar surface area (TPSA) is 51.5 Å². The molecule has 1 amide bonds. The summed E-state index contributed by atoms with van der Waals surface area (Å²) in [6.45, 7) is 1.77. The van der Waals surface area contributed by atoms with E-state index < -0.39 is 0 Å². The number of ether oxygens (including phenoxy) is 1. The van der Waals surface area contributed by atoms with Gasteiger partial charge in [0.05, 0.1) is 21.3 Å². The Morgan fingerprint density at radius 3 is 2.57 bits per heavy atom. The zero-order valence-corrected chi connectivity index (χ0v) is 15.8. The smallest absolute Gasteiger partial charge is 0.258 e. The lowest BCUT2D eigenvalue weighted by Gasteiger charge is -2.13. The highest BCUT2D eigenvalue weighted by molar-refractivity contribution is 9.11. The second-order valence-corrected chi connectivity index (χ2v) is 6.92. The number of hydrogen-bond acceptors (Lipinski definition) is 3. The largest absolute Gasteiger partial charge is 0.481 e. The molecular weight excluding hydrogens is 470 g/mol. The van der Waals surface area contributed by atoms with Gasteiger partial charge in [0.25, 0.3) is 5.91 Å². The summed E-state index contributed by atoms with van der Waals surface area (Å²) in [5.41, 5.74) is 0. The van der Waals surface area contributed by atoms with Crippen LogP contribution in [0.25, 0.3) is 0 Å². The number of carbonyl (C=O) groups excluding carboxylic acids is 1. The third-order valence-corrected chi connectivity index (χ3v) is 4.29. The SMILES string of the molecule is CC(NC(=O)COc1c(Br)cc(Br)cc1Br)c1ccco1. The highest BCUT2D eigenvalue weighted by Gasteiger charge is 2.14. The highest BCUT2D eigenvalue weighted by atomic mass is 79.9. The van der Waals surface area contributed by atoms with E-state index in [1.807, 2.05) is 25.1 Å². The van der Waals surface area contributed by atoms with Crippen molar-refractivity contribution in [2.24, 2.45) is 0 Å². The van der Waals surface area contributed by atoms with Crippen molar-refractivity contribution in [3.63, 3.8) is 0 Å². The molecular formula is C14H12Br3NO3. The van der Waals surface area contributed by atoms with Crippen molar-refractivity contribution in [1.29, 1.82) is 0 Å². The van der Waals surface area contributed by atoms with Gasteiger partial charge in [-0.3, -0.25) is 4.79 Å². The average Bonchev–Trinajstić information content (AvgIpc) is 2.91. The van der Waals surface area contributed by atoms with Gasteiger partial charge in [-0.15, -0.1) is 0 Å². The summed E-state index contributed by atoms with van der Waals surface area (Å²) < 4.78 is 13.2. The summed E-state index contributed by atoms with van der Waals surface area (Å²) >= 11 is 10.2. The van der Waals surface area contributed by atoms with Crippen molar-refractivity contribution in [2.45, 2.75) is 13.0 Å². The maximum atomic E-state index is 11.9. The molecule has 0 saturated carbocycles. The van der Waals surface area contributed by atoms with E-state index in [4.69, 9.17) is 9.15 Å². The van der Waals surface area contributed by atoms with E-state index in [0.29, 0.717) is 11.5 Å². The van der Waals surface area contributed by atoms with Gasteiger partial charge < -0.3 is 14.5 Å². The Bertz CT molecular complexity index is 605. The molecule has 0 aliphatic heterocycles. The van der Waals surface area contributed by atoms with Crippen LogP contribution in [0.15, 0.2) is 48.4 Å². The minimum Gasteiger partial charge on any atom is -0.481 e. The number of benzene rings is 1. The lowest BCUT2D eigenvalue weighted by Crippen LogP contribution is -2.31. The average molecular weight is 482 g/mol. The van der Waals surface area contributed by atoms with Crippen molar-refractivity contribution in [3.8, 4) is 5.75 Å². The first kappa shape index (κ1) is 16.6. The van der Waals surface area contributed by atoms with E-state index in [-0.39, 0.29) is 18.6 Å². The van der Waals surface area contributed by atoms with Gasteiger partial charge in [0, 0.05) is 4.47 Å². The molecule has 0 radical (unpaired) electrons. The number of carbonyl (C=O) groups is 1. The fourth-order valence-corrected chi connectivity index (χ4v) is 4.18. The first-order valence-electron chi connectivity index (χ1n) is 6.07. The van der Waals surface area contributed by atoms with Gasteiger partial charge in [0.1, 0.15) is 11.5 Å². The van der Waals surface area contributed by atoms with Crippen molar-refractivity contribution in [2.75, 3.05) is 6.61 Å². The minimum atomic E-state index is -0.222. The van der Waals surface area contributed by atoms with Crippen LogP contribution in [-0.4, -0.2) is 12.5 Å². The zero-order valence-electron chi connectivity index (χ0n) is 11.0. The summed E-state index contributed by atoms with van der Waals surface area (Å²) in [6.07, 6.45) is 1.57. The predicted molar refractivity (Wildman–Crippen MR) is 90.3 cm³/mol. The quantitative estimate of drug-likeness (QED) is 0.666. The fourth-order valence-electron chi connectivity index (χ4n) is 1.70. The predicted octanol–water partition coefficient (Wildman–Crippen LogP) is 4.82. The minimum absolute atomic E-state index is 0.0795. The van der Waals surface area contributed by atoms with E-state index in [1.165, 1.54) is 0 Å². The van der Waals surface area contributed by atoms with Crippen LogP contribution in [0.1, 0.15) is 18.7 Å². The molecule has 1 atom stereocenters.